The highest BCUT2D eigenvalue weighted by Crippen LogP contribution is 2.27. The second-order valence-corrected chi connectivity index (χ2v) is 6.30. The molecule has 0 fully saturated rings. The zero-order chi connectivity index (χ0) is 19.8. The third kappa shape index (κ3) is 3.01. The van der Waals surface area contributed by atoms with Gasteiger partial charge in [0.25, 0.3) is 11.5 Å². The van der Waals surface area contributed by atoms with E-state index in [0.29, 0.717) is 5.69 Å². The Morgan fingerprint density at radius 1 is 1.21 bits per heavy atom. The number of amides is 1. The molecule has 4 rings (SSSR count). The van der Waals surface area contributed by atoms with Gasteiger partial charge in [0, 0.05) is 5.69 Å². The maximum absolute atomic E-state index is 13.3. The molecule has 0 aliphatic carbocycles. The molecule has 8 heteroatoms. The SMILES string of the molecule is Cc1cccc(-n2ncc3c(O)c(C(=O)Nc4cccc(F)c4)c(=O)[nH]c32)c1. The smallest absolute Gasteiger partial charge is 0.266 e. The number of carbonyl (C=O) groups excluding carboxylic acids is 1. The quantitative estimate of drug-likeness (QED) is 0.510. The van der Waals surface area contributed by atoms with Gasteiger partial charge < -0.3 is 15.4 Å². The van der Waals surface area contributed by atoms with Crippen molar-refractivity contribution in [3.05, 3.63) is 82.0 Å². The average Bonchev–Trinajstić information content (AvgIpc) is 3.05. The molecule has 0 unspecified atom stereocenters. The Labute approximate surface area is 158 Å². The van der Waals surface area contributed by atoms with Gasteiger partial charge in [0.2, 0.25) is 0 Å². The number of anilines is 1. The van der Waals surface area contributed by atoms with E-state index in [1.807, 2.05) is 25.1 Å². The van der Waals surface area contributed by atoms with Gasteiger partial charge in [0.15, 0.2) is 0 Å². The largest absolute Gasteiger partial charge is 0.506 e. The Hall–Kier alpha value is -3.94. The number of nitrogens with zero attached hydrogens (tertiary/aromatic N) is 2. The van der Waals surface area contributed by atoms with E-state index in [-0.39, 0.29) is 16.7 Å². The highest BCUT2D eigenvalue weighted by atomic mass is 19.1. The van der Waals surface area contributed by atoms with E-state index in [1.54, 1.807) is 6.07 Å². The molecule has 1 amide bonds. The molecule has 0 aliphatic heterocycles. The summed E-state index contributed by atoms with van der Waals surface area (Å²) in [6.07, 6.45) is 1.36. The van der Waals surface area contributed by atoms with Crippen molar-refractivity contribution < 1.29 is 14.3 Å². The molecular weight excluding hydrogens is 363 g/mol. The predicted octanol–water partition coefficient (Wildman–Crippen LogP) is 3.12. The van der Waals surface area contributed by atoms with E-state index in [9.17, 15) is 19.1 Å². The number of aromatic nitrogens is 3. The second kappa shape index (κ2) is 6.66. The maximum atomic E-state index is 13.3. The van der Waals surface area contributed by atoms with Gasteiger partial charge in [-0.1, -0.05) is 18.2 Å². The lowest BCUT2D eigenvalue weighted by atomic mass is 10.2. The summed E-state index contributed by atoms with van der Waals surface area (Å²) in [4.78, 5) is 27.6. The van der Waals surface area contributed by atoms with Crippen LogP contribution in [-0.4, -0.2) is 25.8 Å². The summed E-state index contributed by atoms with van der Waals surface area (Å²) < 4.78 is 14.8. The van der Waals surface area contributed by atoms with Crippen molar-refractivity contribution in [2.75, 3.05) is 5.32 Å². The van der Waals surface area contributed by atoms with E-state index in [2.05, 4.69) is 15.4 Å². The Bertz CT molecular complexity index is 1280. The highest BCUT2D eigenvalue weighted by Gasteiger charge is 2.22. The number of hydrogen-bond donors (Lipinski definition) is 3. The Kier molecular flexibility index (Phi) is 4.15. The summed E-state index contributed by atoms with van der Waals surface area (Å²) in [5.41, 5.74) is 0.865. The van der Waals surface area contributed by atoms with Crippen LogP contribution >= 0.6 is 0 Å². The Morgan fingerprint density at radius 3 is 2.75 bits per heavy atom. The summed E-state index contributed by atoms with van der Waals surface area (Å²) in [5, 5.41) is 17.4. The van der Waals surface area contributed by atoms with Gasteiger partial charge in [-0.05, 0) is 42.8 Å². The van der Waals surface area contributed by atoms with Gasteiger partial charge in [-0.2, -0.15) is 5.10 Å². The van der Waals surface area contributed by atoms with Crippen LogP contribution in [0.15, 0.2) is 59.5 Å². The predicted molar refractivity (Wildman–Crippen MR) is 102 cm³/mol. The monoisotopic (exact) mass is 378 g/mol. The highest BCUT2D eigenvalue weighted by molar-refractivity contribution is 6.08. The molecule has 0 saturated carbocycles. The van der Waals surface area contributed by atoms with Gasteiger partial charge >= 0.3 is 0 Å². The van der Waals surface area contributed by atoms with Crippen molar-refractivity contribution in [2.45, 2.75) is 6.92 Å². The number of H-pyrrole nitrogens is 1. The van der Waals surface area contributed by atoms with Gasteiger partial charge in [-0.25, -0.2) is 9.07 Å². The average molecular weight is 378 g/mol. The topological polar surface area (TPSA) is 100 Å². The molecule has 7 nitrogen and oxygen atoms in total. The first-order valence-electron chi connectivity index (χ1n) is 8.41. The Morgan fingerprint density at radius 2 is 2.00 bits per heavy atom. The van der Waals surface area contributed by atoms with Crippen molar-refractivity contribution in [1.29, 1.82) is 0 Å². The number of aromatic amines is 1. The van der Waals surface area contributed by atoms with Gasteiger partial charge in [-0.3, -0.25) is 9.59 Å². The first-order valence-corrected chi connectivity index (χ1v) is 8.41. The van der Waals surface area contributed by atoms with Crippen LogP contribution in [0, 0.1) is 12.7 Å². The molecule has 28 heavy (non-hydrogen) atoms. The Balaban J connectivity index is 1.79. The molecule has 0 spiro atoms. The maximum Gasteiger partial charge on any atom is 0.266 e. The lowest BCUT2D eigenvalue weighted by Gasteiger charge is -2.08. The van der Waals surface area contributed by atoms with Crippen LogP contribution < -0.4 is 10.9 Å². The summed E-state index contributed by atoms with van der Waals surface area (Å²) in [6.45, 7) is 1.92. The fourth-order valence-corrected chi connectivity index (χ4v) is 2.98. The number of aryl methyl sites for hydroxylation is 1. The minimum absolute atomic E-state index is 0.166. The molecule has 0 saturated heterocycles. The molecule has 4 aromatic rings. The summed E-state index contributed by atoms with van der Waals surface area (Å²) in [7, 11) is 0. The summed E-state index contributed by atoms with van der Waals surface area (Å²) in [6, 6.07) is 12.7. The molecule has 140 valence electrons. The van der Waals surface area contributed by atoms with Crippen LogP contribution in [0.4, 0.5) is 10.1 Å². The summed E-state index contributed by atoms with van der Waals surface area (Å²) in [5.74, 6) is -1.88. The standard InChI is InChI=1S/C20H15FN4O3/c1-11-4-2-7-14(8-11)25-18-15(10-22-25)17(26)16(20(28)24-18)19(27)23-13-6-3-5-12(21)9-13/h2-10H,1H3,(H,23,27)(H2,24,26,28). The zero-order valence-electron chi connectivity index (χ0n) is 14.7. The third-order valence-corrected chi connectivity index (χ3v) is 4.28. The minimum Gasteiger partial charge on any atom is -0.506 e. The number of aromatic hydroxyl groups is 1. The normalized spacial score (nSPS) is 10.9. The molecule has 2 heterocycles. The van der Waals surface area contributed by atoms with E-state index in [1.165, 1.54) is 29.1 Å². The number of nitrogens with one attached hydrogen (secondary N) is 2. The molecular formula is C20H15FN4O3. The van der Waals surface area contributed by atoms with Crippen LogP contribution in [-0.2, 0) is 0 Å². The van der Waals surface area contributed by atoms with Crippen molar-refractivity contribution >= 4 is 22.6 Å². The zero-order valence-corrected chi connectivity index (χ0v) is 14.7. The molecule has 2 aromatic carbocycles. The summed E-state index contributed by atoms with van der Waals surface area (Å²) >= 11 is 0. The number of rotatable bonds is 3. The van der Waals surface area contributed by atoms with E-state index in [4.69, 9.17) is 0 Å². The van der Waals surface area contributed by atoms with Crippen LogP contribution in [0.5, 0.6) is 5.75 Å². The number of halogens is 1. The van der Waals surface area contributed by atoms with Crippen molar-refractivity contribution in [3.63, 3.8) is 0 Å². The van der Waals surface area contributed by atoms with Crippen molar-refractivity contribution in [2.24, 2.45) is 0 Å². The lowest BCUT2D eigenvalue weighted by Crippen LogP contribution is -2.23. The number of carbonyl (C=O) groups is 1. The van der Waals surface area contributed by atoms with E-state index < -0.39 is 28.6 Å². The molecule has 0 radical (unpaired) electrons. The van der Waals surface area contributed by atoms with Crippen LogP contribution in [0.1, 0.15) is 15.9 Å². The van der Waals surface area contributed by atoms with Crippen LogP contribution in [0.3, 0.4) is 0 Å². The fourth-order valence-electron chi connectivity index (χ4n) is 2.98. The first kappa shape index (κ1) is 17.5. The van der Waals surface area contributed by atoms with Crippen molar-refractivity contribution in [3.8, 4) is 11.4 Å². The van der Waals surface area contributed by atoms with Gasteiger partial charge in [0.1, 0.15) is 22.8 Å². The first-order chi connectivity index (χ1) is 13.4. The molecule has 3 N–H and O–H groups in total. The number of benzene rings is 2. The molecule has 0 aliphatic rings. The number of hydrogen-bond acceptors (Lipinski definition) is 4. The lowest BCUT2D eigenvalue weighted by molar-refractivity contribution is 0.102. The second-order valence-electron chi connectivity index (χ2n) is 6.30. The van der Waals surface area contributed by atoms with E-state index in [0.717, 1.165) is 11.6 Å². The third-order valence-electron chi connectivity index (χ3n) is 4.28. The van der Waals surface area contributed by atoms with Gasteiger partial charge in [0.05, 0.1) is 17.3 Å². The minimum atomic E-state index is -0.852. The molecule has 0 bridgehead atoms. The van der Waals surface area contributed by atoms with Crippen molar-refractivity contribution in [1.82, 2.24) is 14.8 Å². The van der Waals surface area contributed by atoms with E-state index >= 15 is 0 Å². The molecule has 0 atom stereocenters. The number of fused-ring (bicyclic) bond motifs is 1. The number of pyridine rings is 1. The van der Waals surface area contributed by atoms with Crippen LogP contribution in [0.25, 0.3) is 16.7 Å². The fraction of sp³-hybridized carbons (Fsp3) is 0.0500. The van der Waals surface area contributed by atoms with Crippen LogP contribution in [0.2, 0.25) is 0 Å². The molecule has 2 aromatic heterocycles. The van der Waals surface area contributed by atoms with Gasteiger partial charge in [-0.15, -0.1) is 0 Å².